The van der Waals surface area contributed by atoms with E-state index in [9.17, 15) is 4.79 Å². The Morgan fingerprint density at radius 2 is 2.33 bits per heavy atom. The molecule has 0 radical (unpaired) electrons. The molecule has 1 aromatic carbocycles. The molecule has 0 atom stereocenters. The Balaban J connectivity index is 2.78. The molecule has 0 N–H and O–H groups in total. The molecule has 0 heterocycles. The molecule has 0 aromatic heterocycles. The van der Waals surface area contributed by atoms with Gasteiger partial charge >= 0.3 is 5.97 Å². The van der Waals surface area contributed by atoms with Gasteiger partial charge in [0.2, 0.25) is 0 Å². The highest BCUT2D eigenvalue weighted by Crippen LogP contribution is 2.11. The van der Waals surface area contributed by atoms with Gasteiger partial charge in [-0.3, -0.25) is 0 Å². The van der Waals surface area contributed by atoms with Gasteiger partial charge in [-0.1, -0.05) is 12.1 Å². The summed E-state index contributed by atoms with van der Waals surface area (Å²) >= 11 is 0. The number of carbonyl (C=O) groups excluding carboxylic acids is 1. The molecule has 12 heavy (non-hydrogen) atoms. The Morgan fingerprint density at radius 1 is 1.58 bits per heavy atom. The topological polar surface area (TPSA) is 26.3 Å². The van der Waals surface area contributed by atoms with Crippen molar-refractivity contribution in [3.05, 3.63) is 29.8 Å². The lowest BCUT2D eigenvalue weighted by Gasteiger charge is -1.99. The fourth-order valence-electron chi connectivity index (χ4n) is 0.815. The van der Waals surface area contributed by atoms with Crippen molar-refractivity contribution in [1.82, 2.24) is 0 Å². The Morgan fingerprint density at radius 3 is 2.92 bits per heavy atom. The number of ether oxygens (including phenoxy) is 1. The van der Waals surface area contributed by atoms with Crippen LogP contribution in [0.25, 0.3) is 0 Å². The molecule has 0 aliphatic rings. The Kier molecular flexibility index (Phi) is 2.49. The Bertz CT molecular complexity index is 334. The molecule has 1 aromatic rings. The maximum atomic E-state index is 10.6. The zero-order chi connectivity index (χ0) is 8.97. The highest BCUT2D eigenvalue weighted by atomic mass is 16.5. The molecule has 0 bridgehead atoms. The Hall–Kier alpha value is -1.75. The zero-order valence-electron chi connectivity index (χ0n) is 6.70. The highest BCUT2D eigenvalue weighted by molar-refractivity contribution is 5.89. The minimum Gasteiger partial charge on any atom is -0.417 e. The predicted molar refractivity (Wildman–Crippen MR) is 45.6 cm³/mol. The van der Waals surface area contributed by atoms with Crippen LogP contribution in [0.5, 0.6) is 5.75 Å². The normalized spacial score (nSPS) is 8.67. The maximum absolute atomic E-state index is 10.6. The van der Waals surface area contributed by atoms with Crippen molar-refractivity contribution >= 4 is 5.97 Å². The van der Waals surface area contributed by atoms with Crippen LogP contribution in [0.1, 0.15) is 5.56 Å². The third-order valence-corrected chi connectivity index (χ3v) is 1.32. The summed E-state index contributed by atoms with van der Waals surface area (Å²) in [6.07, 6.45) is 4.83. The molecular formula is C10H8O2. The molecule has 1 rings (SSSR count). The molecule has 0 saturated carbocycles. The fourth-order valence-corrected chi connectivity index (χ4v) is 0.815. The van der Waals surface area contributed by atoms with Crippen LogP contribution in [-0.4, -0.2) is 5.97 Å². The Labute approximate surface area is 71.2 Å². The first-order valence-corrected chi connectivity index (χ1v) is 3.47. The van der Waals surface area contributed by atoms with Gasteiger partial charge in [-0.2, -0.15) is 0 Å². The lowest BCUT2D eigenvalue weighted by Crippen LogP contribution is -2.03. The van der Waals surface area contributed by atoms with E-state index in [0.29, 0.717) is 5.75 Å². The smallest absolute Gasteiger partial charge is 0.389 e. The third kappa shape index (κ3) is 2.14. The fraction of sp³-hybridized carbons (Fsp3) is 0.100. The van der Waals surface area contributed by atoms with Gasteiger partial charge in [-0.15, -0.1) is 6.42 Å². The first-order valence-electron chi connectivity index (χ1n) is 3.47. The summed E-state index contributed by atoms with van der Waals surface area (Å²) < 4.78 is 4.77. The molecule has 0 aliphatic carbocycles. The molecule has 0 saturated heterocycles. The van der Waals surface area contributed by atoms with Crippen LogP contribution in [0.15, 0.2) is 24.3 Å². The van der Waals surface area contributed by atoms with Crippen molar-refractivity contribution in [2.45, 2.75) is 6.92 Å². The second-order valence-electron chi connectivity index (χ2n) is 2.35. The summed E-state index contributed by atoms with van der Waals surface area (Å²) in [5.41, 5.74) is 1.03. The predicted octanol–water partition coefficient (Wildman–Crippen LogP) is 1.53. The average molecular weight is 160 g/mol. The van der Waals surface area contributed by atoms with Crippen LogP contribution >= 0.6 is 0 Å². The van der Waals surface area contributed by atoms with E-state index in [1.165, 1.54) is 0 Å². The average Bonchev–Trinajstić information content (AvgIpc) is 2.04. The first kappa shape index (κ1) is 8.35. The third-order valence-electron chi connectivity index (χ3n) is 1.32. The van der Waals surface area contributed by atoms with Gasteiger partial charge in [0.25, 0.3) is 0 Å². The monoisotopic (exact) mass is 160 g/mol. The number of carbonyl (C=O) groups is 1. The van der Waals surface area contributed by atoms with E-state index in [1.54, 1.807) is 18.2 Å². The molecule has 0 aliphatic heterocycles. The van der Waals surface area contributed by atoms with Gasteiger partial charge in [-0.05, 0) is 24.6 Å². The van der Waals surface area contributed by atoms with Gasteiger partial charge < -0.3 is 4.74 Å². The number of hydrogen-bond acceptors (Lipinski definition) is 2. The van der Waals surface area contributed by atoms with Gasteiger partial charge in [0.05, 0.1) is 0 Å². The van der Waals surface area contributed by atoms with E-state index in [4.69, 9.17) is 11.2 Å². The van der Waals surface area contributed by atoms with E-state index in [2.05, 4.69) is 0 Å². The van der Waals surface area contributed by atoms with Gasteiger partial charge in [0.1, 0.15) is 5.75 Å². The number of rotatable bonds is 1. The second-order valence-corrected chi connectivity index (χ2v) is 2.35. The number of aryl methyl sites for hydroxylation is 1. The van der Waals surface area contributed by atoms with Crippen LogP contribution in [0.2, 0.25) is 0 Å². The van der Waals surface area contributed by atoms with Crippen LogP contribution < -0.4 is 4.74 Å². The van der Waals surface area contributed by atoms with Crippen molar-refractivity contribution in [2.24, 2.45) is 0 Å². The molecule has 0 amide bonds. The van der Waals surface area contributed by atoms with Crippen molar-refractivity contribution in [2.75, 3.05) is 0 Å². The SMILES string of the molecule is C#CC(=O)Oc1cccc(C)c1. The van der Waals surface area contributed by atoms with E-state index in [1.807, 2.05) is 18.9 Å². The van der Waals surface area contributed by atoms with Crippen molar-refractivity contribution < 1.29 is 9.53 Å². The van der Waals surface area contributed by atoms with Crippen molar-refractivity contribution in [3.63, 3.8) is 0 Å². The lowest BCUT2D eigenvalue weighted by molar-refractivity contribution is -0.128. The molecule has 0 spiro atoms. The van der Waals surface area contributed by atoms with Crippen LogP contribution in [0, 0.1) is 19.3 Å². The van der Waals surface area contributed by atoms with Gasteiger partial charge in [0, 0.05) is 5.92 Å². The lowest BCUT2D eigenvalue weighted by atomic mass is 10.2. The van der Waals surface area contributed by atoms with Crippen molar-refractivity contribution in [1.29, 1.82) is 0 Å². The molecule has 0 fully saturated rings. The van der Waals surface area contributed by atoms with Gasteiger partial charge in [0.15, 0.2) is 0 Å². The minimum absolute atomic E-state index is 0.484. The summed E-state index contributed by atoms with van der Waals surface area (Å²) in [4.78, 5) is 10.6. The van der Waals surface area contributed by atoms with Gasteiger partial charge in [-0.25, -0.2) is 4.79 Å². The van der Waals surface area contributed by atoms with Crippen LogP contribution in [-0.2, 0) is 4.79 Å². The van der Waals surface area contributed by atoms with E-state index in [-0.39, 0.29) is 0 Å². The molecule has 0 unspecified atom stereocenters. The van der Waals surface area contributed by atoms with Crippen LogP contribution in [0.4, 0.5) is 0 Å². The standard InChI is InChI=1S/C10H8O2/c1-3-10(11)12-9-6-4-5-8(2)7-9/h1,4-7H,2H3. The summed E-state index contributed by atoms with van der Waals surface area (Å²) in [6, 6.07) is 7.14. The van der Waals surface area contributed by atoms with E-state index >= 15 is 0 Å². The highest BCUT2D eigenvalue weighted by Gasteiger charge is 1.98. The zero-order valence-corrected chi connectivity index (χ0v) is 6.70. The summed E-state index contributed by atoms with van der Waals surface area (Å²) in [6.45, 7) is 1.91. The second kappa shape index (κ2) is 3.59. The van der Waals surface area contributed by atoms with E-state index in [0.717, 1.165) is 5.56 Å². The quantitative estimate of drug-likeness (QED) is 0.269. The molecule has 2 heteroatoms. The summed E-state index contributed by atoms with van der Waals surface area (Å²) in [7, 11) is 0. The number of hydrogen-bond donors (Lipinski definition) is 0. The van der Waals surface area contributed by atoms with Crippen molar-refractivity contribution in [3.8, 4) is 18.1 Å². The molecule has 60 valence electrons. The molecule has 2 nitrogen and oxygen atoms in total. The number of terminal acetylenes is 1. The maximum Gasteiger partial charge on any atom is 0.389 e. The number of benzene rings is 1. The minimum atomic E-state index is -0.666. The first-order chi connectivity index (χ1) is 5.72. The van der Waals surface area contributed by atoms with Crippen LogP contribution in [0.3, 0.4) is 0 Å². The largest absolute Gasteiger partial charge is 0.417 e. The molecular weight excluding hydrogens is 152 g/mol. The van der Waals surface area contributed by atoms with E-state index < -0.39 is 5.97 Å². The number of esters is 1. The summed E-state index contributed by atoms with van der Waals surface area (Å²) in [5, 5.41) is 0. The summed E-state index contributed by atoms with van der Waals surface area (Å²) in [5.74, 6) is 1.69.